The van der Waals surface area contributed by atoms with Crippen LogP contribution >= 0.6 is 0 Å². The molecule has 0 saturated carbocycles. The predicted molar refractivity (Wildman–Crippen MR) is 73.7 cm³/mol. The fraction of sp³-hybridized carbons (Fsp3) is 0.250. The molecule has 5 heteroatoms. The van der Waals surface area contributed by atoms with Crippen LogP contribution in [0.5, 0.6) is 0 Å². The van der Waals surface area contributed by atoms with E-state index in [1.807, 2.05) is 24.3 Å². The number of amides is 1. The van der Waals surface area contributed by atoms with Crippen LogP contribution in [0.4, 0.5) is 5.69 Å². The number of carbonyl (C=O) groups excluding carboxylic acids is 2. The number of para-hydroxylation sites is 1. The molecule has 0 N–H and O–H groups in total. The van der Waals surface area contributed by atoms with Crippen LogP contribution in [-0.2, 0) is 19.9 Å². The van der Waals surface area contributed by atoms with E-state index >= 15 is 0 Å². The summed E-state index contributed by atoms with van der Waals surface area (Å²) in [6, 6.07) is 10.9. The first-order valence-corrected chi connectivity index (χ1v) is 6.77. The number of fused-ring (bicyclic) bond motifs is 2. The minimum Gasteiger partial charge on any atom is -0.469 e. The normalized spacial score (nSPS) is 27.3. The number of hydrogen-bond donors (Lipinski definition) is 0. The van der Waals surface area contributed by atoms with Crippen molar-refractivity contribution in [1.82, 2.24) is 0 Å². The zero-order valence-electron chi connectivity index (χ0n) is 11.4. The number of anilines is 1. The second kappa shape index (κ2) is 3.97. The number of rotatable bonds is 1. The Hall–Kier alpha value is -2.56. The lowest BCUT2D eigenvalue weighted by Gasteiger charge is -2.26. The molecule has 0 bridgehead atoms. The van der Waals surface area contributed by atoms with Crippen molar-refractivity contribution in [3.8, 4) is 0 Å². The number of nitrogens with zero attached hydrogens (tertiary/aromatic N) is 1. The molecule has 21 heavy (non-hydrogen) atoms. The summed E-state index contributed by atoms with van der Waals surface area (Å²) in [7, 11) is 1.70. The summed E-state index contributed by atoms with van der Waals surface area (Å²) < 4.78 is 11.0. The topological polar surface area (TPSA) is 59.8 Å². The summed E-state index contributed by atoms with van der Waals surface area (Å²) in [6.07, 6.45) is 1.68. The van der Waals surface area contributed by atoms with Gasteiger partial charge in [0.25, 0.3) is 5.91 Å². The van der Waals surface area contributed by atoms with Crippen LogP contribution in [0.1, 0.15) is 23.7 Å². The Labute approximate surface area is 121 Å². The highest BCUT2D eigenvalue weighted by Gasteiger charge is 2.63. The monoisotopic (exact) mass is 283 g/mol. The predicted octanol–water partition coefficient (Wildman–Crippen LogP) is 2.18. The number of likely N-dealkylation sites (N-methyl/N-ethyl adjacent to an activating group) is 1. The minimum atomic E-state index is -1.29. The van der Waals surface area contributed by atoms with Gasteiger partial charge in [-0.25, -0.2) is 0 Å². The number of esters is 1. The van der Waals surface area contributed by atoms with Crippen LogP contribution < -0.4 is 4.90 Å². The first-order chi connectivity index (χ1) is 10.1. The summed E-state index contributed by atoms with van der Waals surface area (Å²) in [5.41, 5.74) is 0.207. The number of carbonyl (C=O) groups is 2. The van der Waals surface area contributed by atoms with E-state index in [1.54, 1.807) is 30.3 Å². The molecule has 2 aromatic rings. The molecule has 2 aliphatic rings. The van der Waals surface area contributed by atoms with Gasteiger partial charge in [-0.15, -0.1) is 0 Å². The highest BCUT2D eigenvalue weighted by Crippen LogP contribution is 2.55. The van der Waals surface area contributed by atoms with Crippen LogP contribution in [0.15, 0.2) is 47.1 Å². The molecule has 3 heterocycles. The van der Waals surface area contributed by atoms with Gasteiger partial charge in [0.05, 0.1) is 24.3 Å². The van der Waals surface area contributed by atoms with Crippen molar-refractivity contribution < 1.29 is 18.7 Å². The van der Waals surface area contributed by atoms with E-state index in [9.17, 15) is 9.59 Å². The maximum atomic E-state index is 12.8. The molecular formula is C16H13NO4. The Morgan fingerprint density at radius 2 is 2.00 bits per heavy atom. The first-order valence-electron chi connectivity index (χ1n) is 6.77. The number of hydrogen-bond acceptors (Lipinski definition) is 4. The zero-order valence-corrected chi connectivity index (χ0v) is 11.4. The largest absolute Gasteiger partial charge is 0.469 e. The highest BCUT2D eigenvalue weighted by atomic mass is 16.6. The Bertz CT molecular complexity index is 736. The van der Waals surface area contributed by atoms with E-state index in [0.717, 1.165) is 11.3 Å². The van der Waals surface area contributed by atoms with E-state index in [4.69, 9.17) is 9.15 Å². The van der Waals surface area contributed by atoms with E-state index in [0.29, 0.717) is 5.76 Å². The Kier molecular flexibility index (Phi) is 2.31. The third-order valence-corrected chi connectivity index (χ3v) is 4.31. The van der Waals surface area contributed by atoms with Crippen molar-refractivity contribution in [1.29, 1.82) is 0 Å². The fourth-order valence-electron chi connectivity index (χ4n) is 3.38. The molecule has 2 unspecified atom stereocenters. The van der Waals surface area contributed by atoms with Gasteiger partial charge in [-0.05, 0) is 18.2 Å². The lowest BCUT2D eigenvalue weighted by molar-refractivity contribution is -0.158. The SMILES string of the molecule is CN1C(=O)C2(OC(=O)CC2c2ccco2)c2ccccc21. The molecular weight excluding hydrogens is 270 g/mol. The quantitative estimate of drug-likeness (QED) is 0.753. The average Bonchev–Trinajstić information content (AvgIpc) is 3.17. The van der Waals surface area contributed by atoms with Crippen LogP contribution in [0, 0.1) is 0 Å². The van der Waals surface area contributed by atoms with Crippen LogP contribution in [0.3, 0.4) is 0 Å². The smallest absolute Gasteiger partial charge is 0.308 e. The van der Waals surface area contributed by atoms with Gasteiger partial charge >= 0.3 is 5.97 Å². The summed E-state index contributed by atoms with van der Waals surface area (Å²) in [4.78, 5) is 26.3. The zero-order chi connectivity index (χ0) is 14.6. The summed E-state index contributed by atoms with van der Waals surface area (Å²) >= 11 is 0. The molecule has 1 aromatic heterocycles. The molecule has 106 valence electrons. The Balaban J connectivity index is 1.96. The van der Waals surface area contributed by atoms with Crippen molar-refractivity contribution >= 4 is 17.6 Å². The molecule has 0 radical (unpaired) electrons. The van der Waals surface area contributed by atoms with Crippen LogP contribution in [0.2, 0.25) is 0 Å². The average molecular weight is 283 g/mol. The molecule has 1 spiro atoms. The van der Waals surface area contributed by atoms with Gasteiger partial charge in [0.1, 0.15) is 5.76 Å². The molecule has 1 aromatic carbocycles. The lowest BCUT2D eigenvalue weighted by Crippen LogP contribution is -2.42. The third-order valence-electron chi connectivity index (χ3n) is 4.31. The summed E-state index contributed by atoms with van der Waals surface area (Å²) in [5.74, 6) is -0.441. The lowest BCUT2D eigenvalue weighted by atomic mass is 9.81. The van der Waals surface area contributed by atoms with E-state index < -0.39 is 11.5 Å². The minimum absolute atomic E-state index is 0.140. The summed E-state index contributed by atoms with van der Waals surface area (Å²) in [5, 5.41) is 0. The van der Waals surface area contributed by atoms with Crippen LogP contribution in [0.25, 0.3) is 0 Å². The van der Waals surface area contributed by atoms with Gasteiger partial charge in [0, 0.05) is 12.6 Å². The molecule has 2 aliphatic heterocycles. The van der Waals surface area contributed by atoms with Crippen molar-refractivity contribution in [2.75, 3.05) is 11.9 Å². The second-order valence-corrected chi connectivity index (χ2v) is 5.36. The molecule has 4 rings (SSSR count). The van der Waals surface area contributed by atoms with Crippen LogP contribution in [-0.4, -0.2) is 18.9 Å². The van der Waals surface area contributed by atoms with Gasteiger partial charge in [-0.3, -0.25) is 9.59 Å². The highest BCUT2D eigenvalue weighted by molar-refractivity contribution is 6.09. The molecule has 2 atom stereocenters. The van der Waals surface area contributed by atoms with E-state index in [-0.39, 0.29) is 18.3 Å². The van der Waals surface area contributed by atoms with Crippen molar-refractivity contribution in [2.45, 2.75) is 17.9 Å². The van der Waals surface area contributed by atoms with Gasteiger partial charge in [0.2, 0.25) is 5.60 Å². The molecule has 1 amide bonds. The molecule has 1 fully saturated rings. The van der Waals surface area contributed by atoms with E-state index in [2.05, 4.69) is 0 Å². The Morgan fingerprint density at radius 3 is 2.76 bits per heavy atom. The molecule has 0 aliphatic carbocycles. The standard InChI is InChI=1S/C16H13NO4/c1-17-12-6-3-2-5-10(12)16(15(17)19)11(9-14(18)21-16)13-7-4-8-20-13/h2-8,11H,9H2,1H3. The summed E-state index contributed by atoms with van der Waals surface area (Å²) in [6.45, 7) is 0. The van der Waals surface area contributed by atoms with Gasteiger partial charge in [-0.2, -0.15) is 0 Å². The van der Waals surface area contributed by atoms with Crippen molar-refractivity contribution in [2.24, 2.45) is 0 Å². The fourth-order valence-corrected chi connectivity index (χ4v) is 3.38. The van der Waals surface area contributed by atoms with Crippen molar-refractivity contribution in [3.63, 3.8) is 0 Å². The first kappa shape index (κ1) is 12.2. The number of furan rings is 1. The van der Waals surface area contributed by atoms with Gasteiger partial charge in [0.15, 0.2) is 0 Å². The molecule has 1 saturated heterocycles. The van der Waals surface area contributed by atoms with Crippen molar-refractivity contribution in [3.05, 3.63) is 54.0 Å². The maximum absolute atomic E-state index is 12.8. The molecule has 5 nitrogen and oxygen atoms in total. The van der Waals surface area contributed by atoms with Gasteiger partial charge in [-0.1, -0.05) is 18.2 Å². The maximum Gasteiger partial charge on any atom is 0.308 e. The number of ether oxygens (including phenoxy) is 1. The third kappa shape index (κ3) is 1.40. The second-order valence-electron chi connectivity index (χ2n) is 5.36. The number of benzene rings is 1. The van der Waals surface area contributed by atoms with E-state index in [1.165, 1.54) is 0 Å². The Morgan fingerprint density at radius 1 is 1.19 bits per heavy atom. The van der Waals surface area contributed by atoms with Gasteiger partial charge < -0.3 is 14.1 Å².